The molecule has 10 heteroatoms. The molecule has 3 aromatic carbocycles. The fourth-order valence-electron chi connectivity index (χ4n) is 5.15. The van der Waals surface area contributed by atoms with Crippen molar-refractivity contribution in [1.82, 2.24) is 4.90 Å². The molecule has 2 atom stereocenters. The Bertz CT molecular complexity index is 1390. The van der Waals surface area contributed by atoms with Gasteiger partial charge >= 0.3 is 0 Å². The van der Waals surface area contributed by atoms with Crippen molar-refractivity contribution in [2.45, 2.75) is 25.1 Å². The van der Waals surface area contributed by atoms with Crippen LogP contribution in [0.1, 0.15) is 35.3 Å². The van der Waals surface area contributed by atoms with Gasteiger partial charge in [0.2, 0.25) is 5.75 Å². The molecule has 198 valence electrons. The summed E-state index contributed by atoms with van der Waals surface area (Å²) in [7, 11) is 6.11. The highest BCUT2D eigenvalue weighted by molar-refractivity contribution is 7.80. The van der Waals surface area contributed by atoms with Crippen LogP contribution < -0.4 is 28.6 Å². The van der Waals surface area contributed by atoms with E-state index >= 15 is 0 Å². The molecule has 8 nitrogen and oxygen atoms in total. The van der Waals surface area contributed by atoms with Crippen LogP contribution in [0.4, 0.5) is 5.69 Å². The number of hydrogen-bond donors (Lipinski definition) is 0. The highest BCUT2D eigenvalue weighted by Gasteiger charge is 2.54. The second kappa shape index (κ2) is 9.89. The van der Waals surface area contributed by atoms with Crippen LogP contribution in [0.15, 0.2) is 54.6 Å². The zero-order valence-electron chi connectivity index (χ0n) is 21.6. The molecule has 2 bridgehead atoms. The number of benzene rings is 3. The number of anilines is 1. The Morgan fingerprint density at radius 1 is 0.974 bits per heavy atom. The van der Waals surface area contributed by atoms with Crippen LogP contribution in [0.25, 0.3) is 0 Å². The highest BCUT2D eigenvalue weighted by Crippen LogP contribution is 2.53. The Balaban J connectivity index is 1.70. The lowest BCUT2D eigenvalue weighted by molar-refractivity contribution is 0.0162. The van der Waals surface area contributed by atoms with Gasteiger partial charge in [-0.1, -0.05) is 23.7 Å². The molecule has 0 aromatic heterocycles. The summed E-state index contributed by atoms with van der Waals surface area (Å²) >= 11 is 12.2. The second-order valence-corrected chi connectivity index (χ2v) is 9.86. The molecule has 0 N–H and O–H groups in total. The van der Waals surface area contributed by atoms with E-state index in [-0.39, 0.29) is 5.91 Å². The quantitative estimate of drug-likeness (QED) is 0.351. The Kier molecular flexibility index (Phi) is 6.75. The molecule has 2 aliphatic heterocycles. The van der Waals surface area contributed by atoms with Crippen molar-refractivity contribution in [3.63, 3.8) is 0 Å². The normalized spacial score (nSPS) is 19.8. The topological polar surface area (TPSA) is 69.7 Å². The lowest BCUT2D eigenvalue weighted by Crippen LogP contribution is -2.67. The van der Waals surface area contributed by atoms with E-state index in [0.717, 1.165) is 11.3 Å². The van der Waals surface area contributed by atoms with Gasteiger partial charge in [-0.2, -0.15) is 0 Å². The zero-order valence-corrected chi connectivity index (χ0v) is 23.2. The first-order valence-corrected chi connectivity index (χ1v) is 12.6. The van der Waals surface area contributed by atoms with Crippen LogP contribution in [-0.2, 0) is 0 Å². The van der Waals surface area contributed by atoms with E-state index in [1.165, 1.54) is 21.3 Å². The van der Waals surface area contributed by atoms with Crippen LogP contribution in [-0.4, -0.2) is 50.1 Å². The SMILES string of the molecule is COc1cc(C(=O)N2C(=S)N(c3ccc(Cl)cc3)C3(C)CC2c2cccc(OC)c2O3)cc(OC)c1OC. The Morgan fingerprint density at radius 3 is 2.18 bits per heavy atom. The number of hydrogen-bond acceptors (Lipinski definition) is 7. The van der Waals surface area contributed by atoms with Gasteiger partial charge in [0.1, 0.15) is 0 Å². The highest BCUT2D eigenvalue weighted by atomic mass is 35.5. The molecule has 0 saturated carbocycles. The first-order valence-electron chi connectivity index (χ1n) is 11.9. The standard InChI is InChI=1S/C28H27ClN2O6S/c1-28-15-20(19-7-6-8-21(33-2)24(19)37-28)30(27(38)31(28)18-11-9-17(29)10-12-18)26(32)16-13-22(34-3)25(36-5)23(14-16)35-4/h6-14,20H,15H2,1-5H3. The third-order valence-corrected chi connectivity index (χ3v) is 7.51. The number of carbonyl (C=O) groups is 1. The molecule has 3 aromatic rings. The fourth-order valence-corrected chi connectivity index (χ4v) is 5.79. The lowest BCUT2D eigenvalue weighted by atomic mass is 9.88. The predicted molar refractivity (Wildman–Crippen MR) is 148 cm³/mol. The number of ether oxygens (including phenoxy) is 5. The molecular weight excluding hydrogens is 528 g/mol. The second-order valence-electron chi connectivity index (χ2n) is 9.06. The van der Waals surface area contributed by atoms with Crippen molar-refractivity contribution in [1.29, 1.82) is 0 Å². The van der Waals surface area contributed by atoms with Gasteiger partial charge < -0.3 is 23.7 Å². The van der Waals surface area contributed by atoms with Crippen LogP contribution >= 0.6 is 23.8 Å². The molecule has 1 amide bonds. The van der Waals surface area contributed by atoms with Gasteiger partial charge in [0.15, 0.2) is 33.8 Å². The molecule has 1 saturated heterocycles. The van der Waals surface area contributed by atoms with Gasteiger partial charge in [0, 0.05) is 28.3 Å². The summed E-state index contributed by atoms with van der Waals surface area (Å²) in [4.78, 5) is 17.8. The summed E-state index contributed by atoms with van der Waals surface area (Å²) in [6, 6.07) is 15.7. The van der Waals surface area contributed by atoms with Crippen molar-refractivity contribution in [2.24, 2.45) is 0 Å². The van der Waals surface area contributed by atoms with Crippen LogP contribution in [0.3, 0.4) is 0 Å². The first-order chi connectivity index (χ1) is 18.3. The summed E-state index contributed by atoms with van der Waals surface area (Å²) in [6.45, 7) is 1.96. The minimum absolute atomic E-state index is 0.290. The summed E-state index contributed by atoms with van der Waals surface area (Å²) in [5, 5.41) is 0.875. The maximum absolute atomic E-state index is 14.3. The zero-order chi connectivity index (χ0) is 27.2. The van der Waals surface area contributed by atoms with Crippen molar-refractivity contribution in [2.75, 3.05) is 33.3 Å². The Morgan fingerprint density at radius 2 is 1.61 bits per heavy atom. The summed E-state index contributed by atoms with van der Waals surface area (Å²) in [5.41, 5.74) is 0.975. The number of fused-ring (bicyclic) bond motifs is 4. The van der Waals surface area contributed by atoms with E-state index < -0.39 is 11.8 Å². The number of halogens is 1. The van der Waals surface area contributed by atoms with E-state index in [9.17, 15) is 4.79 Å². The number of rotatable bonds is 6. The average molecular weight is 555 g/mol. The molecule has 0 radical (unpaired) electrons. The van der Waals surface area contributed by atoms with E-state index in [1.54, 1.807) is 36.3 Å². The Labute approximate surface area is 231 Å². The largest absolute Gasteiger partial charge is 0.493 e. The van der Waals surface area contributed by atoms with Crippen molar-refractivity contribution in [3.8, 4) is 28.7 Å². The number of carbonyl (C=O) groups excluding carboxylic acids is 1. The average Bonchev–Trinajstić information content (AvgIpc) is 2.92. The van der Waals surface area contributed by atoms with E-state index in [2.05, 4.69) is 0 Å². The van der Waals surface area contributed by atoms with E-state index in [1.807, 2.05) is 42.2 Å². The molecule has 2 aliphatic rings. The van der Waals surface area contributed by atoms with Crippen LogP contribution in [0, 0.1) is 0 Å². The van der Waals surface area contributed by atoms with Gasteiger partial charge in [-0.25, -0.2) is 0 Å². The Hall–Kier alpha value is -3.69. The monoisotopic (exact) mass is 554 g/mol. The maximum Gasteiger partial charge on any atom is 0.260 e. The van der Waals surface area contributed by atoms with Crippen molar-refractivity contribution >= 4 is 40.5 Å². The van der Waals surface area contributed by atoms with Gasteiger partial charge in [-0.15, -0.1) is 0 Å². The minimum atomic E-state index is -0.900. The first kappa shape index (κ1) is 25.9. The maximum atomic E-state index is 14.3. The number of para-hydroxylation sites is 1. The van der Waals surface area contributed by atoms with E-state index in [4.69, 9.17) is 47.5 Å². The van der Waals surface area contributed by atoms with Crippen LogP contribution in [0.5, 0.6) is 28.7 Å². The summed E-state index contributed by atoms with van der Waals surface area (Å²) in [5.74, 6) is 1.94. The number of thiocarbonyl (C=S) groups is 1. The fraction of sp³-hybridized carbons (Fsp3) is 0.286. The lowest BCUT2D eigenvalue weighted by Gasteiger charge is -2.55. The van der Waals surface area contributed by atoms with Crippen molar-refractivity contribution in [3.05, 3.63) is 70.7 Å². The third kappa shape index (κ3) is 4.06. The van der Waals surface area contributed by atoms with Gasteiger partial charge in [-0.05, 0) is 61.6 Å². The van der Waals surface area contributed by atoms with E-state index in [0.29, 0.717) is 50.9 Å². The molecule has 1 fully saturated rings. The van der Waals surface area contributed by atoms with Crippen molar-refractivity contribution < 1.29 is 28.5 Å². The molecule has 2 unspecified atom stereocenters. The molecule has 5 rings (SSSR count). The minimum Gasteiger partial charge on any atom is -0.493 e. The number of amides is 1. The molecular formula is C28H27ClN2O6S. The number of methoxy groups -OCH3 is 4. The number of nitrogens with zero attached hydrogens (tertiary/aromatic N) is 2. The van der Waals surface area contributed by atoms with Gasteiger partial charge in [0.25, 0.3) is 5.91 Å². The summed E-state index contributed by atoms with van der Waals surface area (Å²) < 4.78 is 28.7. The van der Waals surface area contributed by atoms with Crippen LogP contribution in [0.2, 0.25) is 5.02 Å². The summed E-state index contributed by atoms with van der Waals surface area (Å²) in [6.07, 6.45) is 0.450. The molecule has 2 heterocycles. The van der Waals surface area contributed by atoms with Gasteiger partial charge in [-0.3, -0.25) is 14.6 Å². The van der Waals surface area contributed by atoms with Gasteiger partial charge in [0.05, 0.1) is 34.5 Å². The molecule has 0 spiro atoms. The predicted octanol–water partition coefficient (Wildman–Crippen LogP) is 5.86. The third-order valence-electron chi connectivity index (χ3n) is 6.88. The molecule has 0 aliphatic carbocycles. The molecule has 38 heavy (non-hydrogen) atoms. The smallest absolute Gasteiger partial charge is 0.260 e.